The fourth-order valence-electron chi connectivity index (χ4n) is 3.64. The first-order chi connectivity index (χ1) is 14.6. The number of H-pyrrole nitrogens is 1. The van der Waals surface area contributed by atoms with Crippen molar-refractivity contribution in [3.05, 3.63) is 58.1 Å². The summed E-state index contributed by atoms with van der Waals surface area (Å²) < 4.78 is 12.4. The van der Waals surface area contributed by atoms with E-state index in [1.165, 1.54) is 11.3 Å². The number of carbonyl (C=O) groups excluding carboxylic acids is 1. The van der Waals surface area contributed by atoms with Crippen LogP contribution >= 0.6 is 11.3 Å². The van der Waals surface area contributed by atoms with E-state index in [1.54, 1.807) is 35.9 Å². The van der Waals surface area contributed by atoms with Crippen molar-refractivity contribution in [3.8, 4) is 16.5 Å². The van der Waals surface area contributed by atoms with Crippen molar-refractivity contribution >= 4 is 17.2 Å². The van der Waals surface area contributed by atoms with E-state index < -0.39 is 0 Å². The van der Waals surface area contributed by atoms with Gasteiger partial charge in [-0.25, -0.2) is 14.5 Å². The minimum absolute atomic E-state index is 0.0143. The van der Waals surface area contributed by atoms with Crippen LogP contribution in [-0.4, -0.2) is 52.4 Å². The summed E-state index contributed by atoms with van der Waals surface area (Å²) in [6.45, 7) is 1.39. The summed E-state index contributed by atoms with van der Waals surface area (Å²) >= 11 is 1.51. The molecule has 1 saturated heterocycles. The lowest BCUT2D eigenvalue weighted by Gasteiger charge is -2.31. The highest BCUT2D eigenvalue weighted by Gasteiger charge is 2.25. The Labute approximate surface area is 178 Å². The zero-order chi connectivity index (χ0) is 20.9. The second kappa shape index (κ2) is 9.17. The third-order valence-corrected chi connectivity index (χ3v) is 6.18. The van der Waals surface area contributed by atoms with E-state index in [9.17, 15) is 9.59 Å². The molecular weight excluding hydrogens is 404 g/mol. The van der Waals surface area contributed by atoms with Crippen LogP contribution in [0.2, 0.25) is 0 Å². The number of nitrogens with zero attached hydrogens (tertiary/aromatic N) is 3. The Morgan fingerprint density at radius 2 is 1.93 bits per heavy atom. The quantitative estimate of drug-likeness (QED) is 0.625. The maximum atomic E-state index is 12.5. The topological polar surface area (TPSA) is 89.5 Å². The molecule has 1 aliphatic rings. The van der Waals surface area contributed by atoms with E-state index in [4.69, 9.17) is 9.47 Å². The van der Waals surface area contributed by atoms with Gasteiger partial charge in [0.2, 0.25) is 0 Å². The number of methoxy groups -OCH3 is 1. The summed E-state index contributed by atoms with van der Waals surface area (Å²) in [5.74, 6) is 2.50. The van der Waals surface area contributed by atoms with Crippen molar-refractivity contribution in [2.24, 2.45) is 5.92 Å². The third kappa shape index (κ3) is 4.56. The van der Waals surface area contributed by atoms with Gasteiger partial charge < -0.3 is 14.4 Å². The molecule has 158 valence electrons. The Balaban J connectivity index is 1.28. The first kappa shape index (κ1) is 20.2. The Hall–Kier alpha value is -3.07. The maximum absolute atomic E-state index is 12.5. The van der Waals surface area contributed by atoms with Crippen molar-refractivity contribution in [2.45, 2.75) is 19.3 Å². The zero-order valence-corrected chi connectivity index (χ0v) is 17.6. The first-order valence-electron chi connectivity index (χ1n) is 9.89. The largest absolute Gasteiger partial charge is 0.497 e. The second-order valence-corrected chi connectivity index (χ2v) is 8.15. The summed E-state index contributed by atoms with van der Waals surface area (Å²) in [6, 6.07) is 11.0. The molecule has 4 rings (SSSR count). The Morgan fingerprint density at radius 1 is 1.20 bits per heavy atom. The SMILES string of the molecule is COc1ccc(OCC(=O)N2CCC(Cc3n[nH]c(=O)n3-c3cccs3)CC2)cc1. The van der Waals surface area contributed by atoms with Crippen LogP contribution in [0.1, 0.15) is 18.7 Å². The number of likely N-dealkylation sites (tertiary alicyclic amines) is 1. The molecule has 0 saturated carbocycles. The van der Waals surface area contributed by atoms with E-state index in [0.29, 0.717) is 31.2 Å². The number of ether oxygens (including phenoxy) is 2. The molecule has 0 radical (unpaired) electrons. The van der Waals surface area contributed by atoms with Gasteiger partial charge in [-0.05, 0) is 60.5 Å². The molecule has 1 fully saturated rings. The minimum Gasteiger partial charge on any atom is -0.497 e. The molecule has 0 atom stereocenters. The Bertz CT molecular complexity index is 1020. The van der Waals surface area contributed by atoms with E-state index in [0.717, 1.165) is 29.4 Å². The number of aromatic amines is 1. The van der Waals surface area contributed by atoms with Crippen molar-refractivity contribution in [2.75, 3.05) is 26.8 Å². The number of piperidine rings is 1. The monoisotopic (exact) mass is 428 g/mol. The number of aromatic nitrogens is 3. The molecular formula is C21H24N4O4S. The Morgan fingerprint density at radius 3 is 2.60 bits per heavy atom. The molecule has 9 heteroatoms. The number of nitrogens with one attached hydrogen (secondary N) is 1. The molecule has 1 N–H and O–H groups in total. The predicted molar refractivity (Wildman–Crippen MR) is 114 cm³/mol. The molecule has 30 heavy (non-hydrogen) atoms. The molecule has 1 aromatic carbocycles. The molecule has 0 bridgehead atoms. The highest BCUT2D eigenvalue weighted by molar-refractivity contribution is 7.12. The number of benzene rings is 1. The van der Waals surface area contributed by atoms with E-state index in [-0.39, 0.29) is 18.2 Å². The molecule has 1 aliphatic heterocycles. The molecule has 0 unspecified atom stereocenters. The highest BCUT2D eigenvalue weighted by Crippen LogP contribution is 2.23. The second-order valence-electron chi connectivity index (χ2n) is 7.22. The highest BCUT2D eigenvalue weighted by atomic mass is 32.1. The minimum atomic E-state index is -0.212. The van der Waals surface area contributed by atoms with Crippen molar-refractivity contribution in [3.63, 3.8) is 0 Å². The van der Waals surface area contributed by atoms with Gasteiger partial charge in [0.1, 0.15) is 22.3 Å². The first-order valence-corrected chi connectivity index (χ1v) is 10.8. The molecule has 0 aliphatic carbocycles. The average Bonchev–Trinajstić information content (AvgIpc) is 3.42. The van der Waals surface area contributed by atoms with Gasteiger partial charge in [0.25, 0.3) is 5.91 Å². The van der Waals surface area contributed by atoms with Gasteiger partial charge in [-0.3, -0.25) is 4.79 Å². The summed E-state index contributed by atoms with van der Waals surface area (Å²) in [5.41, 5.74) is -0.212. The van der Waals surface area contributed by atoms with E-state index in [2.05, 4.69) is 10.2 Å². The van der Waals surface area contributed by atoms with Gasteiger partial charge in [-0.2, -0.15) is 5.10 Å². The zero-order valence-electron chi connectivity index (χ0n) is 16.7. The lowest BCUT2D eigenvalue weighted by molar-refractivity contribution is -0.134. The molecule has 8 nitrogen and oxygen atoms in total. The number of amides is 1. The van der Waals surface area contributed by atoms with Gasteiger partial charge in [-0.1, -0.05) is 0 Å². The lowest BCUT2D eigenvalue weighted by atomic mass is 9.93. The van der Waals surface area contributed by atoms with Gasteiger partial charge >= 0.3 is 5.69 Å². The molecule has 3 heterocycles. The number of rotatable bonds is 7. The predicted octanol–water partition coefficient (Wildman–Crippen LogP) is 2.49. The van der Waals surface area contributed by atoms with Crippen molar-refractivity contribution < 1.29 is 14.3 Å². The van der Waals surface area contributed by atoms with Crippen LogP contribution in [0.15, 0.2) is 46.6 Å². The normalized spacial score (nSPS) is 14.6. The van der Waals surface area contributed by atoms with Gasteiger partial charge in [-0.15, -0.1) is 11.3 Å². The van der Waals surface area contributed by atoms with Gasteiger partial charge in [0.15, 0.2) is 6.61 Å². The molecule has 0 spiro atoms. The van der Waals surface area contributed by atoms with E-state index >= 15 is 0 Å². The summed E-state index contributed by atoms with van der Waals surface area (Å²) in [5, 5.41) is 9.58. The van der Waals surface area contributed by atoms with Crippen LogP contribution in [0, 0.1) is 5.92 Å². The molecule has 1 amide bonds. The van der Waals surface area contributed by atoms with Crippen molar-refractivity contribution in [1.29, 1.82) is 0 Å². The van der Waals surface area contributed by atoms with Crippen LogP contribution in [-0.2, 0) is 11.2 Å². The summed E-state index contributed by atoms with van der Waals surface area (Å²) in [7, 11) is 1.61. The van der Waals surface area contributed by atoms with Gasteiger partial charge in [0, 0.05) is 19.5 Å². The maximum Gasteiger partial charge on any atom is 0.348 e. The van der Waals surface area contributed by atoms with Crippen LogP contribution in [0.25, 0.3) is 5.00 Å². The standard InChI is InChI=1S/C21H24N4O4S/c1-28-16-4-6-17(7-5-16)29-14-19(26)24-10-8-15(9-11-24)13-18-22-23-21(27)25(18)20-3-2-12-30-20/h2-7,12,15H,8-11,13-14H2,1H3,(H,23,27). The van der Waals surface area contributed by atoms with E-state index in [1.807, 2.05) is 22.4 Å². The lowest BCUT2D eigenvalue weighted by Crippen LogP contribution is -2.41. The summed E-state index contributed by atoms with van der Waals surface area (Å²) in [4.78, 5) is 26.5. The number of hydrogen-bond acceptors (Lipinski definition) is 6. The summed E-state index contributed by atoms with van der Waals surface area (Å²) in [6.07, 6.45) is 2.46. The van der Waals surface area contributed by atoms with Crippen LogP contribution in [0.4, 0.5) is 0 Å². The number of thiophene rings is 1. The fourth-order valence-corrected chi connectivity index (χ4v) is 4.39. The van der Waals surface area contributed by atoms with Crippen LogP contribution < -0.4 is 15.2 Å². The Kier molecular flexibility index (Phi) is 6.18. The fraction of sp³-hybridized carbons (Fsp3) is 0.381. The third-order valence-electron chi connectivity index (χ3n) is 5.33. The molecule has 3 aromatic rings. The number of hydrogen-bond donors (Lipinski definition) is 1. The van der Waals surface area contributed by atoms with Crippen LogP contribution in [0.5, 0.6) is 11.5 Å². The average molecular weight is 429 g/mol. The number of carbonyl (C=O) groups is 1. The smallest absolute Gasteiger partial charge is 0.348 e. The van der Waals surface area contributed by atoms with Gasteiger partial charge in [0.05, 0.1) is 7.11 Å². The van der Waals surface area contributed by atoms with Crippen LogP contribution in [0.3, 0.4) is 0 Å². The van der Waals surface area contributed by atoms with Crippen molar-refractivity contribution in [1.82, 2.24) is 19.7 Å². The molecule has 2 aromatic heterocycles.